The van der Waals surface area contributed by atoms with Gasteiger partial charge in [0, 0.05) is 5.56 Å². The minimum absolute atomic E-state index is 0.106. The van der Waals surface area contributed by atoms with E-state index in [1.165, 1.54) is 13.2 Å². The topological polar surface area (TPSA) is 55.8 Å². The van der Waals surface area contributed by atoms with Gasteiger partial charge in [-0.15, -0.1) is 0 Å². The summed E-state index contributed by atoms with van der Waals surface area (Å²) in [6, 6.07) is 9.57. The predicted molar refractivity (Wildman–Crippen MR) is 110 cm³/mol. The third kappa shape index (κ3) is 4.23. The van der Waals surface area contributed by atoms with E-state index in [9.17, 15) is 14.0 Å². The van der Waals surface area contributed by atoms with Crippen LogP contribution in [0.3, 0.4) is 0 Å². The molecule has 8 heteroatoms. The van der Waals surface area contributed by atoms with Crippen LogP contribution in [0.2, 0.25) is 0 Å². The van der Waals surface area contributed by atoms with Crippen molar-refractivity contribution in [3.8, 4) is 11.5 Å². The molecule has 0 bridgehead atoms. The smallest absolute Gasteiger partial charge is 0.293 e. The Morgan fingerprint density at radius 3 is 2.68 bits per heavy atom. The number of hydrogen-bond donors (Lipinski definition) is 0. The van der Waals surface area contributed by atoms with Gasteiger partial charge in [0.05, 0.1) is 29.6 Å². The van der Waals surface area contributed by atoms with E-state index in [-0.39, 0.29) is 17.0 Å². The number of benzene rings is 2. The summed E-state index contributed by atoms with van der Waals surface area (Å²) in [6.07, 6.45) is 1.61. The van der Waals surface area contributed by atoms with Crippen molar-refractivity contribution >= 4 is 44.9 Å². The van der Waals surface area contributed by atoms with Gasteiger partial charge in [-0.3, -0.25) is 14.5 Å². The molecule has 0 spiro atoms. The van der Waals surface area contributed by atoms with Crippen LogP contribution < -0.4 is 9.47 Å². The van der Waals surface area contributed by atoms with Crippen molar-refractivity contribution in [2.75, 3.05) is 13.7 Å². The van der Waals surface area contributed by atoms with Gasteiger partial charge in [-0.05, 0) is 64.5 Å². The van der Waals surface area contributed by atoms with Crippen LogP contribution in [0.15, 0.2) is 45.8 Å². The van der Waals surface area contributed by atoms with Crippen molar-refractivity contribution in [2.45, 2.75) is 13.5 Å². The molecule has 2 amide bonds. The first-order valence-electron chi connectivity index (χ1n) is 8.43. The van der Waals surface area contributed by atoms with E-state index in [4.69, 9.17) is 9.47 Å². The molecular formula is C20H17BrFNO4S. The quantitative estimate of drug-likeness (QED) is 0.546. The minimum atomic E-state index is -0.456. The summed E-state index contributed by atoms with van der Waals surface area (Å²) >= 11 is 4.26. The summed E-state index contributed by atoms with van der Waals surface area (Å²) in [6.45, 7) is 2.24. The fourth-order valence-corrected chi connectivity index (χ4v) is 4.10. The molecule has 1 heterocycles. The zero-order valence-electron chi connectivity index (χ0n) is 15.2. The third-order valence-corrected chi connectivity index (χ3v) is 5.49. The molecule has 2 aromatic carbocycles. The molecule has 1 aliphatic rings. The molecule has 146 valence electrons. The van der Waals surface area contributed by atoms with E-state index in [2.05, 4.69) is 15.9 Å². The molecule has 2 aromatic rings. The first kappa shape index (κ1) is 20.4. The van der Waals surface area contributed by atoms with Crippen molar-refractivity contribution in [1.29, 1.82) is 0 Å². The molecular weight excluding hydrogens is 449 g/mol. The highest BCUT2D eigenvalue weighted by molar-refractivity contribution is 9.10. The maximum atomic E-state index is 13.9. The van der Waals surface area contributed by atoms with E-state index in [0.717, 1.165) is 16.7 Å². The fraction of sp³-hybridized carbons (Fsp3) is 0.200. The number of thioether (sulfide) groups is 1. The summed E-state index contributed by atoms with van der Waals surface area (Å²) in [5.74, 6) is 0.163. The molecule has 0 aliphatic carbocycles. The number of ether oxygens (including phenoxy) is 2. The number of carbonyl (C=O) groups excluding carboxylic acids is 2. The van der Waals surface area contributed by atoms with Gasteiger partial charge >= 0.3 is 0 Å². The van der Waals surface area contributed by atoms with E-state index in [1.807, 2.05) is 6.92 Å². The molecule has 0 aromatic heterocycles. The van der Waals surface area contributed by atoms with Crippen LogP contribution in [0.5, 0.6) is 11.5 Å². The van der Waals surface area contributed by atoms with E-state index in [1.54, 1.807) is 36.4 Å². The zero-order valence-corrected chi connectivity index (χ0v) is 17.6. The van der Waals surface area contributed by atoms with Crippen molar-refractivity contribution < 1.29 is 23.5 Å². The Labute approximate surface area is 174 Å². The molecule has 5 nitrogen and oxygen atoms in total. The second-order valence-electron chi connectivity index (χ2n) is 5.83. The number of methoxy groups -OCH3 is 1. The minimum Gasteiger partial charge on any atom is -0.493 e. The summed E-state index contributed by atoms with van der Waals surface area (Å²) < 4.78 is 25.4. The maximum absolute atomic E-state index is 13.9. The number of amides is 2. The fourth-order valence-electron chi connectivity index (χ4n) is 2.69. The molecule has 0 radical (unpaired) electrons. The largest absolute Gasteiger partial charge is 0.493 e. The van der Waals surface area contributed by atoms with Crippen molar-refractivity contribution in [1.82, 2.24) is 4.90 Å². The van der Waals surface area contributed by atoms with Gasteiger partial charge in [0.15, 0.2) is 11.5 Å². The molecule has 0 unspecified atom stereocenters. The lowest BCUT2D eigenvalue weighted by molar-refractivity contribution is -0.123. The van der Waals surface area contributed by atoms with Crippen LogP contribution in [-0.4, -0.2) is 29.8 Å². The lowest BCUT2D eigenvalue weighted by Crippen LogP contribution is -2.27. The maximum Gasteiger partial charge on any atom is 0.293 e. The number of carbonyl (C=O) groups is 2. The van der Waals surface area contributed by atoms with Gasteiger partial charge in [-0.1, -0.05) is 18.2 Å². The van der Waals surface area contributed by atoms with Crippen LogP contribution in [0.1, 0.15) is 18.1 Å². The van der Waals surface area contributed by atoms with Crippen molar-refractivity contribution in [2.24, 2.45) is 0 Å². The van der Waals surface area contributed by atoms with Crippen LogP contribution >= 0.6 is 27.7 Å². The number of imide groups is 1. The Kier molecular flexibility index (Phi) is 6.41. The average molecular weight is 466 g/mol. The Morgan fingerprint density at radius 2 is 2.00 bits per heavy atom. The van der Waals surface area contributed by atoms with Crippen molar-refractivity contribution in [3.63, 3.8) is 0 Å². The average Bonchev–Trinajstić information content (AvgIpc) is 2.92. The van der Waals surface area contributed by atoms with Crippen LogP contribution in [0.25, 0.3) is 6.08 Å². The standard InChI is InChI=1S/C20H17BrFNO4S/c1-3-27-18-14(21)8-12(9-16(18)26-2)10-17-19(24)23(20(25)28-17)11-13-6-4-5-7-15(13)22/h4-10H,3,11H2,1-2H3/b17-10+. The summed E-state index contributed by atoms with van der Waals surface area (Å²) in [5.41, 5.74) is 0.958. The van der Waals surface area contributed by atoms with Gasteiger partial charge in [0.25, 0.3) is 11.1 Å². The van der Waals surface area contributed by atoms with E-state index >= 15 is 0 Å². The van der Waals surface area contributed by atoms with Gasteiger partial charge in [0.2, 0.25) is 0 Å². The number of halogens is 2. The van der Waals surface area contributed by atoms with Gasteiger partial charge in [0.1, 0.15) is 5.82 Å². The molecule has 0 N–H and O–H groups in total. The predicted octanol–water partition coefficient (Wildman–Crippen LogP) is 5.23. The highest BCUT2D eigenvalue weighted by Crippen LogP contribution is 2.39. The lowest BCUT2D eigenvalue weighted by Gasteiger charge is -2.13. The van der Waals surface area contributed by atoms with Crippen molar-refractivity contribution in [3.05, 3.63) is 62.7 Å². The monoisotopic (exact) mass is 465 g/mol. The van der Waals surface area contributed by atoms with Gasteiger partial charge in [-0.25, -0.2) is 4.39 Å². The van der Waals surface area contributed by atoms with Crippen LogP contribution in [-0.2, 0) is 11.3 Å². The van der Waals surface area contributed by atoms with Gasteiger partial charge in [-0.2, -0.15) is 0 Å². The highest BCUT2D eigenvalue weighted by Gasteiger charge is 2.35. The summed E-state index contributed by atoms with van der Waals surface area (Å²) in [4.78, 5) is 26.3. The number of nitrogens with zero attached hydrogens (tertiary/aromatic N) is 1. The SMILES string of the molecule is CCOc1c(Br)cc(/C=C2/SC(=O)N(Cc3ccccc3F)C2=O)cc1OC. The first-order valence-corrected chi connectivity index (χ1v) is 10.0. The van der Waals surface area contributed by atoms with Gasteiger partial charge < -0.3 is 9.47 Å². The lowest BCUT2D eigenvalue weighted by atomic mass is 10.1. The summed E-state index contributed by atoms with van der Waals surface area (Å²) in [7, 11) is 1.52. The zero-order chi connectivity index (χ0) is 20.3. The molecule has 0 atom stereocenters. The Hall–Kier alpha value is -2.32. The van der Waals surface area contributed by atoms with E-state index < -0.39 is 17.0 Å². The molecule has 1 fully saturated rings. The van der Waals surface area contributed by atoms with E-state index in [0.29, 0.717) is 28.1 Å². The Bertz CT molecular complexity index is 963. The summed E-state index contributed by atoms with van der Waals surface area (Å²) in [5, 5.41) is -0.434. The molecule has 0 saturated carbocycles. The number of hydrogen-bond acceptors (Lipinski definition) is 5. The normalized spacial score (nSPS) is 15.4. The van der Waals surface area contributed by atoms with Crippen LogP contribution in [0.4, 0.5) is 9.18 Å². The molecule has 28 heavy (non-hydrogen) atoms. The molecule has 1 aliphatic heterocycles. The second-order valence-corrected chi connectivity index (χ2v) is 7.67. The highest BCUT2D eigenvalue weighted by atomic mass is 79.9. The second kappa shape index (κ2) is 8.79. The Morgan fingerprint density at radius 1 is 1.25 bits per heavy atom. The first-order chi connectivity index (χ1) is 13.4. The van der Waals surface area contributed by atoms with Crippen LogP contribution in [0, 0.1) is 5.82 Å². The third-order valence-electron chi connectivity index (χ3n) is 4.00. The Balaban J connectivity index is 1.87. The molecule has 3 rings (SSSR count). The number of rotatable bonds is 6. The molecule has 1 saturated heterocycles.